The summed E-state index contributed by atoms with van der Waals surface area (Å²) in [7, 11) is 1.81. The molecule has 1 aliphatic rings. The predicted molar refractivity (Wildman–Crippen MR) is 124 cm³/mol. The molecule has 2 aromatic carbocycles. The molecule has 2 amide bonds. The van der Waals surface area contributed by atoms with Crippen LogP contribution in [0.1, 0.15) is 27.4 Å². The molecule has 3 aromatic rings. The Morgan fingerprint density at radius 2 is 1.69 bits per heavy atom. The maximum atomic E-state index is 13.2. The molecule has 2 heterocycles. The molecule has 6 nitrogen and oxygen atoms in total. The topological polar surface area (TPSA) is 66.4 Å². The van der Waals surface area contributed by atoms with Crippen LogP contribution in [0.25, 0.3) is 11.1 Å². The number of carbonyl (C=O) groups excluding carboxylic acids is 2. The van der Waals surface area contributed by atoms with Crippen molar-refractivity contribution in [1.29, 1.82) is 0 Å². The first-order valence-electron chi connectivity index (χ1n) is 10.9. The molecule has 32 heavy (non-hydrogen) atoms. The van der Waals surface area contributed by atoms with Gasteiger partial charge in [0.1, 0.15) is 5.82 Å². The van der Waals surface area contributed by atoms with E-state index in [-0.39, 0.29) is 17.7 Å². The molecule has 1 aromatic heterocycles. The van der Waals surface area contributed by atoms with E-state index in [9.17, 15) is 9.59 Å². The second-order valence-corrected chi connectivity index (χ2v) is 8.39. The average Bonchev–Trinajstić information content (AvgIpc) is 2.94. The number of benzene rings is 2. The zero-order valence-corrected chi connectivity index (χ0v) is 18.8. The molecule has 1 unspecified atom stereocenters. The van der Waals surface area contributed by atoms with Crippen LogP contribution in [-0.4, -0.2) is 58.3 Å². The van der Waals surface area contributed by atoms with Crippen LogP contribution >= 0.6 is 0 Å². The van der Waals surface area contributed by atoms with Gasteiger partial charge in [0, 0.05) is 32.9 Å². The van der Waals surface area contributed by atoms with Crippen LogP contribution in [0.15, 0.2) is 60.8 Å². The minimum absolute atomic E-state index is 0.0734. The van der Waals surface area contributed by atoms with E-state index in [4.69, 9.17) is 0 Å². The summed E-state index contributed by atoms with van der Waals surface area (Å²) >= 11 is 0. The third kappa shape index (κ3) is 4.69. The van der Waals surface area contributed by atoms with Crippen molar-refractivity contribution in [3.8, 4) is 11.1 Å². The van der Waals surface area contributed by atoms with E-state index in [0.29, 0.717) is 43.1 Å². The second-order valence-electron chi connectivity index (χ2n) is 8.39. The minimum atomic E-state index is -0.291. The fourth-order valence-electron chi connectivity index (χ4n) is 4.18. The lowest BCUT2D eigenvalue weighted by Crippen LogP contribution is -2.37. The molecule has 1 saturated heterocycles. The predicted octanol–water partition coefficient (Wildman–Crippen LogP) is 3.53. The highest BCUT2D eigenvalue weighted by Gasteiger charge is 2.31. The van der Waals surface area contributed by atoms with Crippen molar-refractivity contribution in [2.75, 3.05) is 26.7 Å². The average molecular weight is 429 g/mol. The fraction of sp³-hybridized carbons (Fsp3) is 0.308. The highest BCUT2D eigenvalue weighted by Crippen LogP contribution is 2.22. The second kappa shape index (κ2) is 9.30. The molecule has 164 valence electrons. The van der Waals surface area contributed by atoms with Crippen molar-refractivity contribution in [1.82, 2.24) is 19.8 Å². The van der Waals surface area contributed by atoms with E-state index < -0.39 is 0 Å². The van der Waals surface area contributed by atoms with Crippen LogP contribution in [0, 0.1) is 19.8 Å². The highest BCUT2D eigenvalue weighted by molar-refractivity contribution is 5.95. The van der Waals surface area contributed by atoms with Crippen LogP contribution in [-0.2, 0) is 11.2 Å². The quantitative estimate of drug-likeness (QED) is 0.638. The van der Waals surface area contributed by atoms with E-state index in [1.807, 2.05) is 32.2 Å². The zero-order chi connectivity index (χ0) is 22.7. The summed E-state index contributed by atoms with van der Waals surface area (Å²) in [6.45, 7) is 5.02. The van der Waals surface area contributed by atoms with E-state index in [1.54, 1.807) is 22.9 Å². The van der Waals surface area contributed by atoms with E-state index >= 15 is 0 Å². The molecular formula is C26H28N4O2. The van der Waals surface area contributed by atoms with Gasteiger partial charge in [0.15, 0.2) is 0 Å². The standard InChI is InChI=1S/C26H28N4O2/c1-18-24(16-27-19(2)28-18)26(32)30-14-13-29(3)25(31)23(17-30)15-20-9-11-22(12-10-20)21-7-5-4-6-8-21/h4-12,16,23H,13-15,17H2,1-3H3. The molecule has 6 heteroatoms. The van der Waals surface area contributed by atoms with Gasteiger partial charge in [-0.1, -0.05) is 54.6 Å². The summed E-state index contributed by atoms with van der Waals surface area (Å²) in [6.07, 6.45) is 2.18. The first-order valence-corrected chi connectivity index (χ1v) is 10.9. The summed E-state index contributed by atoms with van der Waals surface area (Å²) in [5.41, 5.74) is 4.56. The van der Waals surface area contributed by atoms with Gasteiger partial charge < -0.3 is 9.80 Å². The minimum Gasteiger partial charge on any atom is -0.344 e. The van der Waals surface area contributed by atoms with Gasteiger partial charge in [-0.3, -0.25) is 9.59 Å². The fourth-order valence-corrected chi connectivity index (χ4v) is 4.18. The number of hydrogen-bond donors (Lipinski definition) is 0. The molecule has 1 atom stereocenters. The third-order valence-corrected chi connectivity index (χ3v) is 6.03. The molecule has 0 spiro atoms. The summed E-state index contributed by atoms with van der Waals surface area (Å²) in [6, 6.07) is 18.5. The molecular weight excluding hydrogens is 400 g/mol. The SMILES string of the molecule is Cc1ncc(C(=O)N2CCN(C)C(=O)C(Cc3ccc(-c4ccccc4)cc3)C2)c(C)n1. The van der Waals surface area contributed by atoms with Gasteiger partial charge in [-0.2, -0.15) is 0 Å². The lowest BCUT2D eigenvalue weighted by molar-refractivity contribution is -0.133. The van der Waals surface area contributed by atoms with Crippen molar-refractivity contribution in [2.45, 2.75) is 20.3 Å². The van der Waals surface area contributed by atoms with E-state index in [2.05, 4.69) is 46.4 Å². The van der Waals surface area contributed by atoms with E-state index in [0.717, 1.165) is 16.7 Å². The summed E-state index contributed by atoms with van der Waals surface area (Å²) in [5.74, 6) is 0.307. The molecule has 0 bridgehead atoms. The van der Waals surface area contributed by atoms with Gasteiger partial charge >= 0.3 is 0 Å². The number of hydrogen-bond acceptors (Lipinski definition) is 4. The number of carbonyl (C=O) groups is 2. The Labute approximate surface area is 188 Å². The van der Waals surface area contributed by atoms with Gasteiger partial charge in [0.05, 0.1) is 17.2 Å². The van der Waals surface area contributed by atoms with Gasteiger partial charge in [-0.05, 0) is 37.0 Å². The number of aromatic nitrogens is 2. The number of aryl methyl sites for hydroxylation is 2. The van der Waals surface area contributed by atoms with Crippen molar-refractivity contribution < 1.29 is 9.59 Å². The molecule has 1 aliphatic heterocycles. The number of likely N-dealkylation sites (N-methyl/N-ethyl adjacent to an activating group) is 1. The van der Waals surface area contributed by atoms with Gasteiger partial charge in [0.25, 0.3) is 5.91 Å². The van der Waals surface area contributed by atoms with Gasteiger partial charge in [-0.25, -0.2) is 9.97 Å². The molecule has 1 fully saturated rings. The number of nitrogens with zero attached hydrogens (tertiary/aromatic N) is 4. The normalized spacial score (nSPS) is 16.7. The molecule has 0 radical (unpaired) electrons. The Hall–Kier alpha value is -3.54. The lowest BCUT2D eigenvalue weighted by atomic mass is 9.95. The smallest absolute Gasteiger partial charge is 0.257 e. The number of rotatable bonds is 4. The lowest BCUT2D eigenvalue weighted by Gasteiger charge is -2.24. The van der Waals surface area contributed by atoms with E-state index in [1.165, 1.54) is 0 Å². The molecule has 4 rings (SSSR count). The Kier molecular flexibility index (Phi) is 6.30. The summed E-state index contributed by atoms with van der Waals surface area (Å²) < 4.78 is 0. The Morgan fingerprint density at radius 1 is 1.00 bits per heavy atom. The largest absolute Gasteiger partial charge is 0.344 e. The Balaban J connectivity index is 1.53. The van der Waals surface area contributed by atoms with Gasteiger partial charge in [-0.15, -0.1) is 0 Å². The van der Waals surface area contributed by atoms with Crippen molar-refractivity contribution >= 4 is 11.8 Å². The van der Waals surface area contributed by atoms with Crippen LogP contribution in [0.5, 0.6) is 0 Å². The summed E-state index contributed by atoms with van der Waals surface area (Å²) in [4.78, 5) is 38.3. The van der Waals surface area contributed by atoms with Crippen LogP contribution < -0.4 is 0 Å². The van der Waals surface area contributed by atoms with Crippen LogP contribution in [0.4, 0.5) is 0 Å². The van der Waals surface area contributed by atoms with Crippen molar-refractivity contribution in [2.24, 2.45) is 5.92 Å². The molecule has 0 N–H and O–H groups in total. The van der Waals surface area contributed by atoms with Crippen LogP contribution in [0.3, 0.4) is 0 Å². The zero-order valence-electron chi connectivity index (χ0n) is 18.8. The maximum absolute atomic E-state index is 13.2. The molecule has 0 aliphatic carbocycles. The number of amides is 2. The summed E-state index contributed by atoms with van der Waals surface area (Å²) in [5, 5.41) is 0. The first kappa shape index (κ1) is 21.7. The van der Waals surface area contributed by atoms with Crippen molar-refractivity contribution in [3.63, 3.8) is 0 Å². The first-order chi connectivity index (χ1) is 15.4. The Bertz CT molecular complexity index is 1110. The van der Waals surface area contributed by atoms with Crippen LogP contribution in [0.2, 0.25) is 0 Å². The Morgan fingerprint density at radius 3 is 2.38 bits per heavy atom. The van der Waals surface area contributed by atoms with Gasteiger partial charge in [0.2, 0.25) is 5.91 Å². The third-order valence-electron chi connectivity index (χ3n) is 6.03. The monoisotopic (exact) mass is 428 g/mol. The maximum Gasteiger partial charge on any atom is 0.257 e. The highest BCUT2D eigenvalue weighted by atomic mass is 16.2. The van der Waals surface area contributed by atoms with Crippen molar-refractivity contribution in [3.05, 3.63) is 83.4 Å². The molecule has 0 saturated carbocycles.